The first kappa shape index (κ1) is 8.91. The van der Waals surface area contributed by atoms with Crippen LogP contribution in [0.2, 0.25) is 0 Å². The lowest BCUT2D eigenvalue weighted by Crippen LogP contribution is -2.21. The highest BCUT2D eigenvalue weighted by atomic mass is 127. The fourth-order valence-electron chi connectivity index (χ4n) is 0.481. The van der Waals surface area contributed by atoms with Crippen LogP contribution in [-0.2, 0) is 3.59 Å². The van der Waals surface area contributed by atoms with Crippen LogP contribution in [0.5, 0.6) is 0 Å². The number of rotatable bonds is 1. The van der Waals surface area contributed by atoms with Crippen molar-refractivity contribution in [3.05, 3.63) is 18.7 Å². The fourth-order valence-corrected chi connectivity index (χ4v) is 2.45. The number of imidazole rings is 1. The summed E-state index contributed by atoms with van der Waals surface area (Å²) < 4.78 is 10.7. The molecule has 0 bridgehead atoms. The number of hydrogen-bond acceptors (Lipinski definition) is 2. The third kappa shape index (κ3) is 2.16. The zero-order valence-corrected chi connectivity index (χ0v) is 10.3. The van der Waals surface area contributed by atoms with Crippen molar-refractivity contribution in [2.45, 2.75) is 0 Å². The number of aromatic nitrogens is 2. The average Bonchev–Trinajstić information content (AvgIpc) is 2.04. The molecule has 0 saturated heterocycles. The lowest BCUT2D eigenvalue weighted by atomic mass is 11.0. The molecular weight excluding hydrogens is 378 g/mol. The molecule has 10 heavy (non-hydrogen) atoms. The highest BCUT2D eigenvalue weighted by molar-refractivity contribution is 14.3. The van der Waals surface area contributed by atoms with Crippen LogP contribution in [0.3, 0.4) is 0 Å². The molecule has 0 spiro atoms. The predicted molar refractivity (Wildman–Crippen MR) is 59.7 cm³/mol. The van der Waals surface area contributed by atoms with Crippen LogP contribution in [0.25, 0.3) is 0 Å². The summed E-state index contributed by atoms with van der Waals surface area (Å²) in [7, 11) is 0. The van der Waals surface area contributed by atoms with Gasteiger partial charge in [0.25, 0.3) is 0 Å². The van der Waals surface area contributed by atoms with Gasteiger partial charge >= 0.3 is 0 Å². The van der Waals surface area contributed by atoms with Crippen molar-refractivity contribution in [2.24, 2.45) is 0 Å². The highest BCUT2D eigenvalue weighted by Gasteiger charge is 2.23. The molecule has 1 aromatic rings. The fraction of sp³-hybridized carbons (Fsp3) is 0.250. The molecule has 0 amide bonds. The third-order valence-corrected chi connectivity index (χ3v) is 4.79. The van der Waals surface area contributed by atoms with Crippen LogP contribution >= 0.6 is 42.4 Å². The van der Waals surface area contributed by atoms with E-state index in [0.717, 1.165) is 0 Å². The van der Waals surface area contributed by atoms with Gasteiger partial charge in [0.15, 0.2) is 0 Å². The van der Waals surface area contributed by atoms with Gasteiger partial charge in [-0.05, 0) is 0 Å². The van der Waals surface area contributed by atoms with Gasteiger partial charge in [-0.15, -0.1) is 0 Å². The zero-order valence-electron chi connectivity index (χ0n) is 5.20. The smallest absolute Gasteiger partial charge is 0.107 e. The summed E-state index contributed by atoms with van der Waals surface area (Å²) in [5, 5.41) is 0. The predicted octanol–water partition coefficient (Wildman–Crippen LogP) is 1.80. The molecule has 0 aromatic carbocycles. The second-order valence-electron chi connectivity index (χ2n) is 1.98. The molecule has 0 aliphatic rings. The summed E-state index contributed by atoms with van der Waals surface area (Å²) in [6, 6.07) is 0. The summed E-state index contributed by atoms with van der Waals surface area (Å²) in [4.78, 5) is 3.81. The highest BCUT2D eigenvalue weighted by Crippen LogP contribution is 2.40. The Hall–Kier alpha value is 0.820. The SMILES string of the molecule is CS(=O)(I)(I)n1ccnc1. The van der Waals surface area contributed by atoms with Crippen LogP contribution in [0.15, 0.2) is 18.7 Å². The van der Waals surface area contributed by atoms with Gasteiger partial charge in [-0.25, -0.2) is 9.19 Å². The average molecular weight is 384 g/mol. The van der Waals surface area contributed by atoms with E-state index >= 15 is 0 Å². The lowest BCUT2D eigenvalue weighted by molar-refractivity contribution is 0.678. The van der Waals surface area contributed by atoms with Crippen LogP contribution in [-0.4, -0.2) is 19.4 Å². The molecule has 0 aliphatic carbocycles. The molecule has 1 heterocycles. The number of halogens is 2. The molecule has 0 aliphatic heterocycles. The number of nitrogens with zero attached hydrogens (tertiary/aromatic N) is 2. The molecule has 6 heteroatoms. The van der Waals surface area contributed by atoms with Crippen molar-refractivity contribution in [1.29, 1.82) is 0 Å². The molecule has 0 atom stereocenters. The van der Waals surface area contributed by atoms with Crippen molar-refractivity contribution in [1.82, 2.24) is 8.96 Å². The summed E-state index contributed by atoms with van der Waals surface area (Å²) in [6.45, 7) is 0. The van der Waals surface area contributed by atoms with E-state index in [-0.39, 0.29) is 0 Å². The summed E-state index contributed by atoms with van der Waals surface area (Å²) in [6.07, 6.45) is 6.58. The molecule has 0 N–H and O–H groups in total. The van der Waals surface area contributed by atoms with E-state index in [2.05, 4.69) is 4.98 Å². The van der Waals surface area contributed by atoms with Gasteiger partial charge in [0, 0.05) is 61.1 Å². The van der Waals surface area contributed by atoms with Crippen molar-refractivity contribution < 1.29 is 4.21 Å². The summed E-state index contributed by atoms with van der Waals surface area (Å²) >= 11 is 3.87. The minimum atomic E-state index is -2.66. The van der Waals surface area contributed by atoms with Crippen molar-refractivity contribution in [3.8, 4) is 0 Å². The van der Waals surface area contributed by atoms with Crippen molar-refractivity contribution in [2.75, 3.05) is 6.26 Å². The Balaban J connectivity index is 3.23. The minimum Gasteiger partial charge on any atom is -0.261 e. The molecule has 0 fully saturated rings. The van der Waals surface area contributed by atoms with E-state index in [0.29, 0.717) is 0 Å². The minimum absolute atomic E-state index is 1.56. The van der Waals surface area contributed by atoms with E-state index in [4.69, 9.17) is 0 Å². The molecule has 0 radical (unpaired) electrons. The van der Waals surface area contributed by atoms with E-state index in [1.165, 1.54) is 0 Å². The van der Waals surface area contributed by atoms with Gasteiger partial charge < -0.3 is 0 Å². The molecule has 1 rings (SSSR count). The van der Waals surface area contributed by atoms with Gasteiger partial charge in [-0.1, -0.05) is 0 Å². The maximum Gasteiger partial charge on any atom is 0.107 e. The summed E-state index contributed by atoms with van der Waals surface area (Å²) in [5.74, 6) is 0. The van der Waals surface area contributed by atoms with Gasteiger partial charge in [0.2, 0.25) is 0 Å². The van der Waals surface area contributed by atoms with Crippen molar-refractivity contribution in [3.63, 3.8) is 0 Å². The maximum atomic E-state index is 11.7. The topological polar surface area (TPSA) is 34.9 Å². The monoisotopic (exact) mass is 384 g/mol. The van der Waals surface area contributed by atoms with Gasteiger partial charge in [-0.3, -0.25) is 3.97 Å². The van der Waals surface area contributed by atoms with Gasteiger partial charge in [0.05, 0.1) is 3.59 Å². The first-order valence-electron chi connectivity index (χ1n) is 2.43. The first-order valence-corrected chi connectivity index (χ1v) is 9.85. The van der Waals surface area contributed by atoms with E-state index in [9.17, 15) is 4.21 Å². The van der Waals surface area contributed by atoms with Gasteiger partial charge in [-0.2, -0.15) is 0 Å². The maximum absolute atomic E-state index is 11.7. The van der Waals surface area contributed by atoms with Gasteiger partial charge in [0.1, 0.15) is 6.33 Å². The Bertz CT molecular complexity index is 277. The molecular formula is C4H6I2N2OS. The molecule has 0 saturated carbocycles. The Morgan fingerprint density at radius 1 is 1.60 bits per heavy atom. The van der Waals surface area contributed by atoms with Crippen LogP contribution in [0.4, 0.5) is 0 Å². The van der Waals surface area contributed by atoms with Crippen LogP contribution < -0.4 is 0 Å². The summed E-state index contributed by atoms with van der Waals surface area (Å²) in [5.41, 5.74) is 0. The quantitative estimate of drug-likeness (QED) is 0.547. The van der Waals surface area contributed by atoms with Crippen LogP contribution in [0, 0.1) is 0 Å². The molecule has 58 valence electrons. The second kappa shape index (κ2) is 2.41. The van der Waals surface area contributed by atoms with E-state index in [1.54, 1.807) is 28.9 Å². The van der Waals surface area contributed by atoms with Crippen molar-refractivity contribution >= 4 is 46.0 Å². The Morgan fingerprint density at radius 2 is 2.20 bits per heavy atom. The normalized spacial score (nSPS) is 16.1. The molecule has 0 unspecified atom stereocenters. The Morgan fingerprint density at radius 3 is 2.40 bits per heavy atom. The molecule has 1 aromatic heterocycles. The molecule has 3 nitrogen and oxygen atoms in total. The standard InChI is InChI=1S/C4H6I2N2OS/c1-10(5,6,9)8-3-2-7-4-8/h2-4H,1H3. The zero-order chi connectivity index (χ0) is 7.85. The second-order valence-corrected chi connectivity index (χ2v) is 22.0. The van der Waals surface area contributed by atoms with Crippen LogP contribution in [0.1, 0.15) is 0 Å². The largest absolute Gasteiger partial charge is 0.261 e. The third-order valence-electron chi connectivity index (χ3n) is 0.936. The Kier molecular flexibility index (Phi) is 2.14. The Labute approximate surface area is 83.3 Å². The van der Waals surface area contributed by atoms with E-state index in [1.807, 2.05) is 42.4 Å². The number of hydrogen-bond donors (Lipinski definition) is 0. The first-order chi connectivity index (χ1) is 4.36. The van der Waals surface area contributed by atoms with E-state index < -0.39 is 3.59 Å². The lowest BCUT2D eigenvalue weighted by Gasteiger charge is -2.24.